The van der Waals surface area contributed by atoms with Gasteiger partial charge in [-0.3, -0.25) is 0 Å². The Labute approximate surface area is 121 Å². The standard InChI is InChI=1S/C15H26ClN3/c1-3-5-6-14-18-13(15(16)19-14)10-17-12(4-2)9-11-7-8-11/h11-12,17H,3-10H2,1-2H3,(H,18,19). The van der Waals surface area contributed by atoms with Crippen LogP contribution >= 0.6 is 11.6 Å². The highest BCUT2D eigenvalue weighted by Crippen LogP contribution is 2.34. The van der Waals surface area contributed by atoms with Crippen molar-refractivity contribution in [3.63, 3.8) is 0 Å². The van der Waals surface area contributed by atoms with Crippen LogP contribution in [0.15, 0.2) is 0 Å². The van der Waals surface area contributed by atoms with Gasteiger partial charge >= 0.3 is 0 Å². The summed E-state index contributed by atoms with van der Waals surface area (Å²) < 4.78 is 0. The van der Waals surface area contributed by atoms with Crippen LogP contribution in [0.3, 0.4) is 0 Å². The fraction of sp³-hybridized carbons (Fsp3) is 0.800. The molecule has 1 aliphatic rings. The number of aryl methyl sites for hydroxylation is 1. The summed E-state index contributed by atoms with van der Waals surface area (Å²) >= 11 is 6.19. The van der Waals surface area contributed by atoms with Crippen molar-refractivity contribution in [2.45, 2.75) is 71.4 Å². The van der Waals surface area contributed by atoms with Crippen LogP contribution in [0.1, 0.15) is 63.9 Å². The normalized spacial score (nSPS) is 16.8. The van der Waals surface area contributed by atoms with E-state index >= 15 is 0 Å². The Balaban J connectivity index is 1.81. The van der Waals surface area contributed by atoms with Crippen molar-refractivity contribution in [3.05, 3.63) is 16.7 Å². The van der Waals surface area contributed by atoms with Crippen LogP contribution in [-0.4, -0.2) is 16.0 Å². The first-order valence-corrected chi connectivity index (χ1v) is 8.07. The summed E-state index contributed by atoms with van der Waals surface area (Å²) in [6.07, 6.45) is 8.68. The average molecular weight is 284 g/mol. The SMILES string of the molecule is CCCCc1nc(Cl)c(CNC(CC)CC2CC2)[nH]1. The predicted molar refractivity (Wildman–Crippen MR) is 80.5 cm³/mol. The molecule has 1 atom stereocenters. The second kappa shape index (κ2) is 7.30. The zero-order chi connectivity index (χ0) is 13.7. The van der Waals surface area contributed by atoms with Crippen molar-refractivity contribution in [2.75, 3.05) is 0 Å². The van der Waals surface area contributed by atoms with Crippen molar-refractivity contribution < 1.29 is 0 Å². The Morgan fingerprint density at radius 3 is 2.84 bits per heavy atom. The van der Waals surface area contributed by atoms with Crippen molar-refractivity contribution in [3.8, 4) is 0 Å². The summed E-state index contributed by atoms with van der Waals surface area (Å²) in [5.74, 6) is 1.99. The average Bonchev–Trinajstić information content (AvgIpc) is 3.15. The number of nitrogens with zero attached hydrogens (tertiary/aromatic N) is 1. The van der Waals surface area contributed by atoms with Gasteiger partial charge < -0.3 is 10.3 Å². The minimum atomic E-state index is 0.617. The zero-order valence-corrected chi connectivity index (χ0v) is 12.9. The van der Waals surface area contributed by atoms with Crippen LogP contribution in [-0.2, 0) is 13.0 Å². The summed E-state index contributed by atoms with van der Waals surface area (Å²) in [4.78, 5) is 7.75. The van der Waals surface area contributed by atoms with E-state index in [0.29, 0.717) is 11.2 Å². The zero-order valence-electron chi connectivity index (χ0n) is 12.1. The lowest BCUT2D eigenvalue weighted by Gasteiger charge is -2.15. The summed E-state index contributed by atoms with van der Waals surface area (Å²) in [6, 6.07) is 0.617. The molecule has 1 saturated carbocycles. The maximum absolute atomic E-state index is 6.19. The van der Waals surface area contributed by atoms with Gasteiger partial charge in [0.05, 0.1) is 5.69 Å². The molecule has 0 spiro atoms. The largest absolute Gasteiger partial charge is 0.344 e. The smallest absolute Gasteiger partial charge is 0.151 e. The van der Waals surface area contributed by atoms with Gasteiger partial charge in [-0.15, -0.1) is 0 Å². The maximum Gasteiger partial charge on any atom is 0.151 e. The van der Waals surface area contributed by atoms with Gasteiger partial charge in [0.25, 0.3) is 0 Å². The van der Waals surface area contributed by atoms with E-state index in [-0.39, 0.29) is 0 Å². The molecule has 0 bridgehead atoms. The molecule has 1 heterocycles. The number of nitrogens with one attached hydrogen (secondary N) is 2. The first-order valence-electron chi connectivity index (χ1n) is 7.69. The molecule has 0 aliphatic heterocycles. The van der Waals surface area contributed by atoms with E-state index in [1.807, 2.05) is 0 Å². The topological polar surface area (TPSA) is 40.7 Å². The summed E-state index contributed by atoms with van der Waals surface area (Å²) in [5, 5.41) is 4.25. The highest BCUT2D eigenvalue weighted by atomic mass is 35.5. The first kappa shape index (κ1) is 14.9. The molecule has 1 aliphatic carbocycles. The number of hydrogen-bond acceptors (Lipinski definition) is 2. The van der Waals surface area contributed by atoms with E-state index in [9.17, 15) is 0 Å². The van der Waals surface area contributed by atoms with E-state index in [4.69, 9.17) is 11.6 Å². The highest BCUT2D eigenvalue weighted by Gasteiger charge is 2.24. The molecule has 0 amide bonds. The van der Waals surface area contributed by atoms with Gasteiger partial charge in [0.2, 0.25) is 0 Å². The molecule has 0 saturated heterocycles. The number of hydrogen-bond donors (Lipinski definition) is 2. The highest BCUT2D eigenvalue weighted by molar-refractivity contribution is 6.30. The van der Waals surface area contributed by atoms with Crippen molar-refractivity contribution in [1.29, 1.82) is 0 Å². The number of unbranched alkanes of at least 4 members (excludes halogenated alkanes) is 1. The van der Waals surface area contributed by atoms with E-state index < -0.39 is 0 Å². The van der Waals surface area contributed by atoms with E-state index in [1.54, 1.807) is 0 Å². The lowest BCUT2D eigenvalue weighted by Crippen LogP contribution is -2.28. The van der Waals surface area contributed by atoms with E-state index in [2.05, 4.69) is 29.1 Å². The monoisotopic (exact) mass is 283 g/mol. The Hall–Kier alpha value is -0.540. The second-order valence-electron chi connectivity index (χ2n) is 5.72. The number of rotatable bonds is 9. The van der Waals surface area contributed by atoms with Crippen molar-refractivity contribution in [2.24, 2.45) is 5.92 Å². The number of aromatic nitrogens is 2. The van der Waals surface area contributed by atoms with Crippen LogP contribution in [0, 0.1) is 5.92 Å². The van der Waals surface area contributed by atoms with Crippen LogP contribution < -0.4 is 5.32 Å². The van der Waals surface area contributed by atoms with Gasteiger partial charge in [-0.1, -0.05) is 44.7 Å². The molecule has 3 nitrogen and oxygen atoms in total. The third kappa shape index (κ3) is 4.81. The van der Waals surface area contributed by atoms with Crippen molar-refractivity contribution >= 4 is 11.6 Å². The molecule has 4 heteroatoms. The Bertz CT molecular complexity index is 385. The van der Waals surface area contributed by atoms with Gasteiger partial charge in [-0.05, 0) is 25.2 Å². The summed E-state index contributed by atoms with van der Waals surface area (Å²) in [7, 11) is 0. The Morgan fingerprint density at radius 2 is 2.21 bits per heavy atom. The molecule has 2 rings (SSSR count). The van der Waals surface area contributed by atoms with Gasteiger partial charge in [0.15, 0.2) is 5.15 Å². The molecule has 108 valence electrons. The van der Waals surface area contributed by atoms with Gasteiger partial charge in [-0.2, -0.15) is 0 Å². The molecule has 19 heavy (non-hydrogen) atoms. The molecular formula is C15H26ClN3. The fourth-order valence-electron chi connectivity index (χ4n) is 2.42. The lowest BCUT2D eigenvalue weighted by atomic mass is 10.1. The molecule has 1 unspecified atom stereocenters. The maximum atomic E-state index is 6.19. The molecule has 0 aromatic carbocycles. The Morgan fingerprint density at radius 1 is 1.42 bits per heavy atom. The second-order valence-corrected chi connectivity index (χ2v) is 6.08. The van der Waals surface area contributed by atoms with Crippen molar-refractivity contribution in [1.82, 2.24) is 15.3 Å². The lowest BCUT2D eigenvalue weighted by molar-refractivity contribution is 0.442. The Kier molecular flexibility index (Phi) is 5.71. The molecule has 1 aromatic rings. The van der Waals surface area contributed by atoms with Crippen LogP contribution in [0.5, 0.6) is 0 Å². The van der Waals surface area contributed by atoms with E-state index in [0.717, 1.165) is 36.8 Å². The molecule has 0 radical (unpaired) electrons. The van der Waals surface area contributed by atoms with E-state index in [1.165, 1.54) is 32.1 Å². The van der Waals surface area contributed by atoms with Crippen LogP contribution in [0.25, 0.3) is 0 Å². The fourth-order valence-corrected chi connectivity index (χ4v) is 2.63. The van der Waals surface area contributed by atoms with Crippen LogP contribution in [0.2, 0.25) is 5.15 Å². The molecular weight excluding hydrogens is 258 g/mol. The molecule has 1 aromatic heterocycles. The third-order valence-corrected chi connectivity index (χ3v) is 4.23. The minimum absolute atomic E-state index is 0.617. The van der Waals surface area contributed by atoms with Gasteiger partial charge in [0.1, 0.15) is 5.82 Å². The number of imidazole rings is 1. The quantitative estimate of drug-likeness (QED) is 0.717. The predicted octanol–water partition coefficient (Wildman–Crippen LogP) is 4.07. The summed E-state index contributed by atoms with van der Waals surface area (Å²) in [5.41, 5.74) is 1.04. The number of H-pyrrole nitrogens is 1. The van der Waals surface area contributed by atoms with Gasteiger partial charge in [-0.25, -0.2) is 4.98 Å². The molecule has 2 N–H and O–H groups in total. The van der Waals surface area contributed by atoms with Gasteiger partial charge in [0, 0.05) is 19.0 Å². The number of halogens is 1. The number of aromatic amines is 1. The first-order chi connectivity index (χ1) is 9.22. The minimum Gasteiger partial charge on any atom is -0.344 e. The molecule has 1 fully saturated rings. The van der Waals surface area contributed by atoms with Crippen LogP contribution in [0.4, 0.5) is 0 Å². The summed E-state index contributed by atoms with van der Waals surface area (Å²) in [6.45, 7) is 5.25. The third-order valence-electron chi connectivity index (χ3n) is 3.92.